The van der Waals surface area contributed by atoms with Gasteiger partial charge in [-0.1, -0.05) is 38.5 Å². The van der Waals surface area contributed by atoms with E-state index in [0.717, 1.165) is 18.4 Å². The Morgan fingerprint density at radius 3 is 2.45 bits per heavy atom. The van der Waals surface area contributed by atoms with E-state index < -0.39 is 5.60 Å². The van der Waals surface area contributed by atoms with Gasteiger partial charge in [-0.2, -0.15) is 0 Å². The fraction of sp³-hybridized carbons (Fsp3) is 0.611. The van der Waals surface area contributed by atoms with Gasteiger partial charge in [-0.3, -0.25) is 4.79 Å². The molecule has 0 saturated heterocycles. The van der Waals surface area contributed by atoms with Crippen LogP contribution in [0.5, 0.6) is 0 Å². The molecular formula is C18H26O2. The molecule has 2 heteroatoms. The van der Waals surface area contributed by atoms with Gasteiger partial charge in [-0.25, -0.2) is 0 Å². The summed E-state index contributed by atoms with van der Waals surface area (Å²) < 4.78 is 5.84. The highest BCUT2D eigenvalue weighted by Gasteiger charge is 2.36. The summed E-state index contributed by atoms with van der Waals surface area (Å²) in [5, 5.41) is 0. The van der Waals surface area contributed by atoms with Gasteiger partial charge in [0.15, 0.2) is 5.78 Å². The molecule has 1 saturated carbocycles. The zero-order chi connectivity index (χ0) is 14.6. The average Bonchev–Trinajstić information content (AvgIpc) is 2.43. The van der Waals surface area contributed by atoms with Crippen molar-refractivity contribution in [2.45, 2.75) is 64.4 Å². The molecule has 0 aliphatic heterocycles. The van der Waals surface area contributed by atoms with Crippen molar-refractivity contribution in [1.29, 1.82) is 0 Å². The molecule has 0 radical (unpaired) electrons. The molecule has 0 atom stereocenters. The molecular weight excluding hydrogens is 248 g/mol. The van der Waals surface area contributed by atoms with Gasteiger partial charge in [0.2, 0.25) is 0 Å². The first-order chi connectivity index (χ1) is 9.66. The van der Waals surface area contributed by atoms with E-state index in [1.165, 1.54) is 24.8 Å². The third-order valence-electron chi connectivity index (χ3n) is 4.70. The SMILES string of the molecule is CCOC(CC)(CC)C(=O)c1cccc(C2CCC2)c1. The third-order valence-corrected chi connectivity index (χ3v) is 4.70. The summed E-state index contributed by atoms with van der Waals surface area (Å²) in [5.41, 5.74) is 1.48. The Morgan fingerprint density at radius 2 is 1.95 bits per heavy atom. The summed E-state index contributed by atoms with van der Waals surface area (Å²) in [6.07, 6.45) is 5.29. The molecule has 0 amide bonds. The quantitative estimate of drug-likeness (QED) is 0.672. The Morgan fingerprint density at radius 1 is 1.25 bits per heavy atom. The molecule has 0 heterocycles. The first-order valence-corrected chi connectivity index (χ1v) is 7.95. The third kappa shape index (κ3) is 2.80. The van der Waals surface area contributed by atoms with E-state index in [4.69, 9.17) is 4.74 Å². The van der Waals surface area contributed by atoms with Crippen molar-refractivity contribution < 1.29 is 9.53 Å². The Bertz CT molecular complexity index is 456. The fourth-order valence-electron chi connectivity index (χ4n) is 3.06. The number of benzene rings is 1. The van der Waals surface area contributed by atoms with Crippen molar-refractivity contribution in [2.75, 3.05) is 6.61 Å². The van der Waals surface area contributed by atoms with Crippen molar-refractivity contribution in [1.82, 2.24) is 0 Å². The van der Waals surface area contributed by atoms with Crippen molar-refractivity contribution in [3.8, 4) is 0 Å². The van der Waals surface area contributed by atoms with Crippen molar-refractivity contribution >= 4 is 5.78 Å². The van der Waals surface area contributed by atoms with Crippen LogP contribution in [0.2, 0.25) is 0 Å². The van der Waals surface area contributed by atoms with Crippen molar-refractivity contribution in [3.05, 3.63) is 35.4 Å². The summed E-state index contributed by atoms with van der Waals surface area (Å²) in [5.74, 6) is 0.804. The number of hydrogen-bond acceptors (Lipinski definition) is 2. The summed E-state index contributed by atoms with van der Waals surface area (Å²) >= 11 is 0. The molecule has 20 heavy (non-hydrogen) atoms. The second-order valence-corrected chi connectivity index (χ2v) is 5.72. The first kappa shape index (κ1) is 15.2. The van der Waals surface area contributed by atoms with Crippen LogP contribution in [0, 0.1) is 0 Å². The lowest BCUT2D eigenvalue weighted by Gasteiger charge is -2.31. The van der Waals surface area contributed by atoms with Gasteiger partial charge in [-0.05, 0) is 50.2 Å². The highest BCUT2D eigenvalue weighted by molar-refractivity contribution is 6.02. The van der Waals surface area contributed by atoms with E-state index in [0.29, 0.717) is 12.5 Å². The second-order valence-electron chi connectivity index (χ2n) is 5.72. The number of hydrogen-bond donors (Lipinski definition) is 0. The lowest BCUT2D eigenvalue weighted by molar-refractivity contribution is -0.0250. The minimum absolute atomic E-state index is 0.144. The smallest absolute Gasteiger partial charge is 0.194 e. The molecule has 1 fully saturated rings. The Labute approximate surface area is 122 Å². The van der Waals surface area contributed by atoms with Gasteiger partial charge in [0.1, 0.15) is 5.60 Å². The summed E-state index contributed by atoms with van der Waals surface area (Å²) in [6, 6.07) is 8.19. The van der Waals surface area contributed by atoms with E-state index in [1.54, 1.807) is 0 Å². The Hall–Kier alpha value is -1.15. The van der Waals surface area contributed by atoms with Gasteiger partial charge in [0.25, 0.3) is 0 Å². The maximum Gasteiger partial charge on any atom is 0.194 e. The van der Waals surface area contributed by atoms with Crippen LogP contribution in [0.15, 0.2) is 24.3 Å². The normalized spacial score (nSPS) is 15.9. The molecule has 2 nitrogen and oxygen atoms in total. The largest absolute Gasteiger partial charge is 0.367 e. The predicted octanol–water partition coefficient (Wildman–Crippen LogP) is 4.73. The molecule has 1 aromatic carbocycles. The maximum atomic E-state index is 12.9. The lowest BCUT2D eigenvalue weighted by atomic mass is 9.78. The average molecular weight is 274 g/mol. The van der Waals surface area contributed by atoms with Crippen LogP contribution in [0.3, 0.4) is 0 Å². The standard InChI is InChI=1S/C18H26O2/c1-4-18(5-2,20-6-3)17(19)16-12-8-11-15(13-16)14-9-7-10-14/h8,11-14H,4-7,9-10H2,1-3H3. The number of ether oxygens (including phenoxy) is 1. The molecule has 0 aromatic heterocycles. The molecule has 110 valence electrons. The van der Waals surface area contributed by atoms with Crippen LogP contribution in [-0.4, -0.2) is 18.0 Å². The molecule has 1 aliphatic carbocycles. The molecule has 0 bridgehead atoms. The van der Waals surface area contributed by atoms with Crippen LogP contribution in [0.25, 0.3) is 0 Å². The van der Waals surface area contributed by atoms with Gasteiger partial charge < -0.3 is 4.74 Å². The fourth-order valence-corrected chi connectivity index (χ4v) is 3.06. The van der Waals surface area contributed by atoms with Gasteiger partial charge in [0, 0.05) is 12.2 Å². The van der Waals surface area contributed by atoms with Gasteiger partial charge >= 0.3 is 0 Å². The molecule has 1 aromatic rings. The first-order valence-electron chi connectivity index (χ1n) is 7.95. The van der Waals surface area contributed by atoms with E-state index >= 15 is 0 Å². The van der Waals surface area contributed by atoms with Crippen LogP contribution in [0.4, 0.5) is 0 Å². The van der Waals surface area contributed by atoms with Crippen LogP contribution < -0.4 is 0 Å². The maximum absolute atomic E-state index is 12.9. The Kier molecular flexibility index (Phi) is 4.98. The molecule has 0 N–H and O–H groups in total. The number of Topliss-reactive ketones (excluding diaryl/α,β-unsaturated/α-hetero) is 1. The summed E-state index contributed by atoms with van der Waals surface area (Å²) in [4.78, 5) is 12.9. The second kappa shape index (κ2) is 6.53. The Balaban J connectivity index is 2.26. The lowest BCUT2D eigenvalue weighted by Crippen LogP contribution is -2.40. The zero-order valence-electron chi connectivity index (χ0n) is 12.9. The van der Waals surface area contributed by atoms with E-state index in [2.05, 4.69) is 12.1 Å². The van der Waals surface area contributed by atoms with Crippen LogP contribution in [-0.2, 0) is 4.74 Å². The monoisotopic (exact) mass is 274 g/mol. The van der Waals surface area contributed by atoms with Crippen molar-refractivity contribution in [3.63, 3.8) is 0 Å². The van der Waals surface area contributed by atoms with E-state index in [1.807, 2.05) is 32.9 Å². The molecule has 0 spiro atoms. The predicted molar refractivity (Wildman–Crippen MR) is 82.3 cm³/mol. The van der Waals surface area contributed by atoms with Gasteiger partial charge in [0.05, 0.1) is 0 Å². The van der Waals surface area contributed by atoms with E-state index in [9.17, 15) is 4.79 Å². The highest BCUT2D eigenvalue weighted by Crippen LogP contribution is 2.37. The minimum atomic E-state index is -0.646. The van der Waals surface area contributed by atoms with Crippen LogP contribution >= 0.6 is 0 Å². The number of rotatable bonds is 7. The minimum Gasteiger partial charge on any atom is -0.367 e. The van der Waals surface area contributed by atoms with E-state index in [-0.39, 0.29) is 5.78 Å². The highest BCUT2D eigenvalue weighted by atomic mass is 16.5. The number of ketones is 1. The molecule has 2 rings (SSSR count). The number of carbonyl (C=O) groups excluding carboxylic acids is 1. The summed E-state index contributed by atoms with van der Waals surface area (Å²) in [6.45, 7) is 6.60. The topological polar surface area (TPSA) is 26.3 Å². The van der Waals surface area contributed by atoms with Gasteiger partial charge in [-0.15, -0.1) is 0 Å². The number of carbonyl (C=O) groups is 1. The van der Waals surface area contributed by atoms with Crippen LogP contribution in [0.1, 0.15) is 74.7 Å². The summed E-state index contributed by atoms with van der Waals surface area (Å²) in [7, 11) is 0. The van der Waals surface area contributed by atoms with Crippen molar-refractivity contribution in [2.24, 2.45) is 0 Å². The molecule has 0 unspecified atom stereocenters. The zero-order valence-corrected chi connectivity index (χ0v) is 12.9. The molecule has 1 aliphatic rings.